The second-order valence-electron chi connectivity index (χ2n) is 7.31. The number of alkyl halides is 3. The number of nitrogens with zero attached hydrogens (tertiary/aromatic N) is 3. The van der Waals surface area contributed by atoms with Gasteiger partial charge in [-0.25, -0.2) is 9.37 Å². The summed E-state index contributed by atoms with van der Waals surface area (Å²) < 4.78 is 53.8. The number of piperazine rings is 1. The van der Waals surface area contributed by atoms with Gasteiger partial charge < -0.3 is 9.80 Å². The molecular formula is C20H18BrF4N3O. The van der Waals surface area contributed by atoms with Crippen molar-refractivity contribution in [1.29, 1.82) is 0 Å². The van der Waals surface area contributed by atoms with Crippen molar-refractivity contribution in [3.05, 3.63) is 57.4 Å². The Kier molecular flexibility index (Phi) is 5.27. The number of rotatable bonds is 3. The monoisotopic (exact) mass is 471 g/mol. The van der Waals surface area contributed by atoms with E-state index in [2.05, 4.69) is 20.9 Å². The van der Waals surface area contributed by atoms with Crippen LogP contribution in [0.3, 0.4) is 0 Å². The van der Waals surface area contributed by atoms with Crippen LogP contribution in [0.15, 0.2) is 34.9 Å². The molecule has 9 heteroatoms. The van der Waals surface area contributed by atoms with Crippen molar-refractivity contribution in [3.63, 3.8) is 0 Å². The van der Waals surface area contributed by atoms with Crippen molar-refractivity contribution in [2.24, 2.45) is 0 Å². The number of carbonyl (C=O) groups excluding carboxylic acids is 1. The maximum absolute atomic E-state index is 14.1. The molecule has 1 amide bonds. The van der Waals surface area contributed by atoms with Gasteiger partial charge in [0.1, 0.15) is 11.6 Å². The zero-order chi connectivity index (χ0) is 20.8. The third kappa shape index (κ3) is 4.24. The van der Waals surface area contributed by atoms with Crippen LogP contribution in [-0.2, 0) is 6.18 Å². The van der Waals surface area contributed by atoms with Crippen molar-refractivity contribution in [1.82, 2.24) is 9.88 Å². The van der Waals surface area contributed by atoms with Crippen LogP contribution in [0.25, 0.3) is 0 Å². The number of pyridine rings is 1. The molecule has 0 unspecified atom stereocenters. The van der Waals surface area contributed by atoms with E-state index in [4.69, 9.17) is 0 Å². The SMILES string of the molecule is O=C(c1ccc(Br)cc1F)N1CCN(c2ncc(C(F)(F)F)cc2C2CC2)CC1. The van der Waals surface area contributed by atoms with Gasteiger partial charge in [-0.1, -0.05) is 15.9 Å². The minimum atomic E-state index is -4.42. The molecule has 4 nitrogen and oxygen atoms in total. The summed E-state index contributed by atoms with van der Waals surface area (Å²) in [7, 11) is 0. The maximum atomic E-state index is 14.1. The highest BCUT2D eigenvalue weighted by atomic mass is 79.9. The average molecular weight is 472 g/mol. The van der Waals surface area contributed by atoms with E-state index in [1.165, 1.54) is 18.2 Å². The molecule has 2 heterocycles. The number of hydrogen-bond donors (Lipinski definition) is 0. The minimum Gasteiger partial charge on any atom is -0.353 e. The number of benzene rings is 1. The molecule has 1 aromatic carbocycles. The Morgan fingerprint density at radius 3 is 2.38 bits per heavy atom. The van der Waals surface area contributed by atoms with Gasteiger partial charge in [-0.3, -0.25) is 4.79 Å². The van der Waals surface area contributed by atoms with Crippen LogP contribution in [0.5, 0.6) is 0 Å². The second kappa shape index (κ2) is 7.59. The van der Waals surface area contributed by atoms with Gasteiger partial charge in [0, 0.05) is 36.8 Å². The Hall–Kier alpha value is -2.16. The summed E-state index contributed by atoms with van der Waals surface area (Å²) in [6.07, 6.45) is -1.83. The van der Waals surface area contributed by atoms with Crippen molar-refractivity contribution in [3.8, 4) is 0 Å². The van der Waals surface area contributed by atoms with Crippen molar-refractivity contribution < 1.29 is 22.4 Å². The molecule has 0 atom stereocenters. The molecule has 0 spiro atoms. The fourth-order valence-corrected chi connectivity index (χ4v) is 3.88. The number of halogens is 5. The van der Waals surface area contributed by atoms with E-state index in [1.807, 2.05) is 4.90 Å². The van der Waals surface area contributed by atoms with E-state index in [9.17, 15) is 22.4 Å². The smallest absolute Gasteiger partial charge is 0.353 e. The Morgan fingerprint density at radius 2 is 1.79 bits per heavy atom. The fourth-order valence-electron chi connectivity index (χ4n) is 3.54. The largest absolute Gasteiger partial charge is 0.417 e. The standard InChI is InChI=1S/C20H18BrF4N3O/c21-14-3-4-15(17(22)10-14)19(29)28-7-5-27(6-8-28)18-16(12-1-2-12)9-13(11-26-18)20(23,24)25/h3-4,9-12H,1-2,5-8H2. The second-order valence-corrected chi connectivity index (χ2v) is 8.23. The van der Waals surface area contributed by atoms with Gasteiger partial charge in [-0.05, 0) is 48.6 Å². The van der Waals surface area contributed by atoms with Crippen LogP contribution >= 0.6 is 15.9 Å². The van der Waals surface area contributed by atoms with Crippen LogP contribution < -0.4 is 4.90 Å². The summed E-state index contributed by atoms with van der Waals surface area (Å²) >= 11 is 3.17. The van der Waals surface area contributed by atoms with Crippen LogP contribution in [0, 0.1) is 5.82 Å². The zero-order valence-electron chi connectivity index (χ0n) is 15.3. The lowest BCUT2D eigenvalue weighted by Gasteiger charge is -2.36. The average Bonchev–Trinajstić information content (AvgIpc) is 3.52. The van der Waals surface area contributed by atoms with Crippen molar-refractivity contribution in [2.75, 3.05) is 31.1 Å². The Bertz CT molecular complexity index is 938. The predicted octanol–water partition coefficient (Wildman–Crippen LogP) is 4.84. The molecule has 4 rings (SSSR count). The molecule has 0 radical (unpaired) electrons. The summed E-state index contributed by atoms with van der Waals surface area (Å²) in [5.41, 5.74) is -0.103. The van der Waals surface area contributed by atoms with E-state index in [-0.39, 0.29) is 11.5 Å². The zero-order valence-corrected chi connectivity index (χ0v) is 16.9. The third-order valence-electron chi connectivity index (χ3n) is 5.27. The highest BCUT2D eigenvalue weighted by Crippen LogP contribution is 2.45. The first kappa shape index (κ1) is 20.1. The number of aromatic nitrogens is 1. The summed E-state index contributed by atoms with van der Waals surface area (Å²) in [6, 6.07) is 5.50. The number of carbonyl (C=O) groups is 1. The molecule has 2 aliphatic rings. The Balaban J connectivity index is 1.49. The molecule has 29 heavy (non-hydrogen) atoms. The quantitative estimate of drug-likeness (QED) is 0.600. The van der Waals surface area contributed by atoms with Gasteiger partial charge in [-0.2, -0.15) is 13.2 Å². The molecule has 2 fully saturated rings. The van der Waals surface area contributed by atoms with Crippen LogP contribution in [0.2, 0.25) is 0 Å². The number of amides is 1. The van der Waals surface area contributed by atoms with Gasteiger partial charge in [0.2, 0.25) is 0 Å². The highest BCUT2D eigenvalue weighted by molar-refractivity contribution is 9.10. The molecule has 1 saturated heterocycles. The van der Waals surface area contributed by atoms with Gasteiger partial charge >= 0.3 is 6.18 Å². The summed E-state index contributed by atoms with van der Waals surface area (Å²) in [5, 5.41) is 0. The van der Waals surface area contributed by atoms with E-state index in [1.54, 1.807) is 11.0 Å². The van der Waals surface area contributed by atoms with Crippen molar-refractivity contribution >= 4 is 27.7 Å². The first-order chi connectivity index (χ1) is 13.7. The van der Waals surface area contributed by atoms with Crippen LogP contribution in [0.4, 0.5) is 23.4 Å². The lowest BCUT2D eigenvalue weighted by molar-refractivity contribution is -0.137. The summed E-state index contributed by atoms with van der Waals surface area (Å²) in [5.74, 6) is -0.316. The first-order valence-electron chi connectivity index (χ1n) is 9.30. The van der Waals surface area contributed by atoms with E-state index in [0.29, 0.717) is 42.0 Å². The van der Waals surface area contributed by atoms with E-state index >= 15 is 0 Å². The van der Waals surface area contributed by atoms with Crippen molar-refractivity contribution in [2.45, 2.75) is 24.9 Å². The molecule has 0 bridgehead atoms. The molecule has 1 aliphatic carbocycles. The lowest BCUT2D eigenvalue weighted by Crippen LogP contribution is -2.49. The van der Waals surface area contributed by atoms with E-state index in [0.717, 1.165) is 19.0 Å². The normalized spacial score (nSPS) is 17.6. The highest BCUT2D eigenvalue weighted by Gasteiger charge is 2.36. The molecule has 0 N–H and O–H groups in total. The van der Waals surface area contributed by atoms with Gasteiger partial charge in [0.05, 0.1) is 11.1 Å². The predicted molar refractivity (Wildman–Crippen MR) is 103 cm³/mol. The molecule has 154 valence electrons. The van der Waals surface area contributed by atoms with E-state index < -0.39 is 23.5 Å². The maximum Gasteiger partial charge on any atom is 0.417 e. The molecule has 2 aromatic rings. The molecule has 1 aliphatic heterocycles. The Morgan fingerprint density at radius 1 is 1.10 bits per heavy atom. The minimum absolute atomic E-state index is 0.00738. The van der Waals surface area contributed by atoms with Crippen LogP contribution in [-0.4, -0.2) is 42.0 Å². The first-order valence-corrected chi connectivity index (χ1v) is 10.1. The summed E-state index contributed by atoms with van der Waals surface area (Å²) in [4.78, 5) is 20.2. The van der Waals surface area contributed by atoms with Gasteiger partial charge in [-0.15, -0.1) is 0 Å². The fraction of sp³-hybridized carbons (Fsp3) is 0.400. The lowest BCUT2D eigenvalue weighted by atomic mass is 10.1. The topological polar surface area (TPSA) is 36.4 Å². The molecule has 1 aromatic heterocycles. The Labute approximate surface area is 173 Å². The summed E-state index contributed by atoms with van der Waals surface area (Å²) in [6.45, 7) is 1.56. The molecule has 1 saturated carbocycles. The van der Waals surface area contributed by atoms with Gasteiger partial charge in [0.25, 0.3) is 5.91 Å². The third-order valence-corrected chi connectivity index (χ3v) is 5.76. The van der Waals surface area contributed by atoms with Gasteiger partial charge in [0.15, 0.2) is 0 Å². The molecular weight excluding hydrogens is 454 g/mol. The number of hydrogen-bond acceptors (Lipinski definition) is 3. The van der Waals surface area contributed by atoms with Crippen LogP contribution in [0.1, 0.15) is 40.2 Å². The number of anilines is 1.